The van der Waals surface area contributed by atoms with Gasteiger partial charge in [-0.1, -0.05) is 12.1 Å². The molecule has 0 aliphatic carbocycles. The van der Waals surface area contributed by atoms with Crippen LogP contribution >= 0.6 is 0 Å². The average Bonchev–Trinajstić information content (AvgIpc) is 2.68. The van der Waals surface area contributed by atoms with Gasteiger partial charge in [0, 0.05) is 18.4 Å². The monoisotopic (exact) mass is 367 g/mol. The fraction of sp³-hybridized carbons (Fsp3) is 0.158. The molecule has 27 heavy (non-hydrogen) atoms. The maximum absolute atomic E-state index is 13.1. The maximum atomic E-state index is 13.1. The molecule has 138 valence electrons. The Kier molecular flexibility index (Phi) is 5.55. The normalized spacial score (nSPS) is 11.5. The lowest BCUT2D eigenvalue weighted by Gasteiger charge is -2.17. The van der Waals surface area contributed by atoms with Crippen LogP contribution in [0.1, 0.15) is 28.9 Å². The van der Waals surface area contributed by atoms with Gasteiger partial charge in [0.2, 0.25) is 0 Å². The number of carbonyl (C=O) groups excluding carboxylic acids is 1. The number of hydrogen-bond acceptors (Lipinski definition) is 7. The van der Waals surface area contributed by atoms with E-state index < -0.39 is 5.97 Å². The van der Waals surface area contributed by atoms with Gasteiger partial charge in [0.25, 0.3) is 0 Å². The van der Waals surface area contributed by atoms with Crippen LogP contribution in [0.2, 0.25) is 0 Å². The maximum Gasteiger partial charge on any atom is 0.338 e. The number of carbonyl (C=O) groups is 1. The van der Waals surface area contributed by atoms with Crippen molar-refractivity contribution in [1.82, 2.24) is 15.0 Å². The molecule has 0 aliphatic heterocycles. The lowest BCUT2D eigenvalue weighted by molar-refractivity contribution is 0.0600. The minimum atomic E-state index is -0.489. The number of halogens is 1. The third-order valence-electron chi connectivity index (χ3n) is 3.80. The zero-order chi connectivity index (χ0) is 19.2. The second-order valence-corrected chi connectivity index (χ2v) is 5.75. The van der Waals surface area contributed by atoms with E-state index in [2.05, 4.69) is 25.6 Å². The van der Waals surface area contributed by atoms with E-state index in [1.54, 1.807) is 42.9 Å². The first-order valence-electron chi connectivity index (χ1n) is 8.20. The van der Waals surface area contributed by atoms with Gasteiger partial charge in [-0.15, -0.1) is 0 Å². The van der Waals surface area contributed by atoms with Crippen molar-refractivity contribution in [2.45, 2.75) is 13.0 Å². The highest BCUT2D eigenvalue weighted by Crippen LogP contribution is 2.22. The van der Waals surface area contributed by atoms with E-state index in [0.29, 0.717) is 23.0 Å². The summed E-state index contributed by atoms with van der Waals surface area (Å²) in [5.41, 5.74) is 1.21. The fourth-order valence-corrected chi connectivity index (χ4v) is 2.46. The standard InChI is InChI=1S/C19H18FN5O2/c1-12(13-3-5-15(20)6-4-13)23-16-9-14(19(26)27-2)10-17(24-16)25-18-11-21-7-8-22-18/h3-12H,1-2H3,(H2,22,23,24,25). The molecule has 2 aromatic heterocycles. The molecule has 3 rings (SSSR count). The summed E-state index contributed by atoms with van der Waals surface area (Å²) in [6, 6.07) is 9.17. The van der Waals surface area contributed by atoms with Crippen LogP contribution < -0.4 is 10.6 Å². The highest BCUT2D eigenvalue weighted by atomic mass is 19.1. The molecule has 0 amide bonds. The number of hydrogen-bond donors (Lipinski definition) is 2. The molecule has 0 aliphatic rings. The number of rotatable bonds is 6. The van der Waals surface area contributed by atoms with Crippen LogP contribution in [0.4, 0.5) is 21.8 Å². The van der Waals surface area contributed by atoms with Gasteiger partial charge in [-0.2, -0.15) is 0 Å². The van der Waals surface area contributed by atoms with Gasteiger partial charge in [-0.05, 0) is 36.8 Å². The first-order valence-corrected chi connectivity index (χ1v) is 8.20. The first kappa shape index (κ1) is 18.2. The smallest absolute Gasteiger partial charge is 0.338 e. The van der Waals surface area contributed by atoms with Gasteiger partial charge < -0.3 is 15.4 Å². The zero-order valence-electron chi connectivity index (χ0n) is 14.8. The Hall–Kier alpha value is -3.55. The largest absolute Gasteiger partial charge is 0.465 e. The van der Waals surface area contributed by atoms with E-state index in [1.807, 2.05) is 6.92 Å². The minimum Gasteiger partial charge on any atom is -0.465 e. The molecule has 1 aromatic carbocycles. The van der Waals surface area contributed by atoms with Crippen LogP contribution in [0.15, 0.2) is 55.0 Å². The Morgan fingerprint density at radius 2 is 1.85 bits per heavy atom. The second kappa shape index (κ2) is 8.22. The molecular formula is C19H18FN5O2. The molecule has 0 fully saturated rings. The molecular weight excluding hydrogens is 349 g/mol. The molecule has 0 spiro atoms. The number of nitrogens with zero attached hydrogens (tertiary/aromatic N) is 3. The summed E-state index contributed by atoms with van der Waals surface area (Å²) in [6.07, 6.45) is 4.64. The minimum absolute atomic E-state index is 0.157. The van der Waals surface area contributed by atoms with E-state index in [1.165, 1.54) is 19.2 Å². The van der Waals surface area contributed by atoms with Gasteiger partial charge in [0.15, 0.2) is 0 Å². The number of esters is 1. The van der Waals surface area contributed by atoms with Gasteiger partial charge >= 0.3 is 5.97 Å². The summed E-state index contributed by atoms with van der Waals surface area (Å²) < 4.78 is 17.9. The number of benzene rings is 1. The predicted molar refractivity (Wildman–Crippen MR) is 99.3 cm³/mol. The Morgan fingerprint density at radius 1 is 1.11 bits per heavy atom. The first-order chi connectivity index (χ1) is 13.0. The van der Waals surface area contributed by atoms with Crippen molar-refractivity contribution < 1.29 is 13.9 Å². The quantitative estimate of drug-likeness (QED) is 0.642. The lowest BCUT2D eigenvalue weighted by atomic mass is 10.1. The number of pyridine rings is 1. The van der Waals surface area contributed by atoms with Crippen molar-refractivity contribution in [3.8, 4) is 0 Å². The molecule has 0 bridgehead atoms. The molecule has 7 nitrogen and oxygen atoms in total. The van der Waals surface area contributed by atoms with E-state index in [9.17, 15) is 9.18 Å². The van der Waals surface area contributed by atoms with Crippen LogP contribution in [-0.4, -0.2) is 28.0 Å². The average molecular weight is 367 g/mol. The Bertz CT molecular complexity index is 919. The van der Waals surface area contributed by atoms with Gasteiger partial charge in [-0.25, -0.2) is 19.2 Å². The summed E-state index contributed by atoms with van der Waals surface area (Å²) in [7, 11) is 1.31. The van der Waals surface area contributed by atoms with E-state index in [-0.39, 0.29) is 11.9 Å². The zero-order valence-corrected chi connectivity index (χ0v) is 14.8. The Balaban J connectivity index is 1.87. The summed E-state index contributed by atoms with van der Waals surface area (Å²) >= 11 is 0. The number of aromatic nitrogens is 3. The van der Waals surface area contributed by atoms with Crippen molar-refractivity contribution in [2.24, 2.45) is 0 Å². The lowest BCUT2D eigenvalue weighted by Crippen LogP contribution is -2.11. The number of methoxy groups -OCH3 is 1. The van der Waals surface area contributed by atoms with Crippen LogP contribution in [0.5, 0.6) is 0 Å². The molecule has 2 heterocycles. The number of ether oxygens (including phenoxy) is 1. The number of nitrogens with one attached hydrogen (secondary N) is 2. The van der Waals surface area contributed by atoms with E-state index in [0.717, 1.165) is 5.56 Å². The van der Waals surface area contributed by atoms with Crippen molar-refractivity contribution in [3.05, 3.63) is 71.9 Å². The summed E-state index contributed by atoms with van der Waals surface area (Å²) in [5.74, 6) is 0.571. The third-order valence-corrected chi connectivity index (χ3v) is 3.80. The van der Waals surface area contributed by atoms with Gasteiger partial charge in [0.05, 0.1) is 18.9 Å². The van der Waals surface area contributed by atoms with Crippen molar-refractivity contribution in [1.29, 1.82) is 0 Å². The molecule has 1 atom stereocenters. The van der Waals surface area contributed by atoms with Crippen LogP contribution in [0.3, 0.4) is 0 Å². The van der Waals surface area contributed by atoms with Crippen molar-refractivity contribution >= 4 is 23.4 Å². The predicted octanol–water partition coefficient (Wildman–Crippen LogP) is 3.71. The summed E-state index contributed by atoms with van der Waals surface area (Å²) in [4.78, 5) is 24.6. The van der Waals surface area contributed by atoms with Crippen molar-refractivity contribution in [2.75, 3.05) is 17.7 Å². The summed E-state index contributed by atoms with van der Waals surface area (Å²) in [5, 5.41) is 6.21. The molecule has 8 heteroatoms. The van der Waals surface area contributed by atoms with Gasteiger partial charge in [0.1, 0.15) is 23.3 Å². The summed E-state index contributed by atoms with van der Waals surface area (Å²) in [6.45, 7) is 1.91. The highest BCUT2D eigenvalue weighted by molar-refractivity contribution is 5.91. The SMILES string of the molecule is COC(=O)c1cc(Nc2cnccn2)nc(NC(C)c2ccc(F)cc2)c1. The van der Waals surface area contributed by atoms with Crippen LogP contribution in [0, 0.1) is 5.82 Å². The van der Waals surface area contributed by atoms with Crippen LogP contribution in [-0.2, 0) is 4.74 Å². The Morgan fingerprint density at radius 3 is 2.52 bits per heavy atom. The van der Waals surface area contributed by atoms with Gasteiger partial charge in [-0.3, -0.25) is 4.98 Å². The second-order valence-electron chi connectivity index (χ2n) is 5.75. The molecule has 0 saturated heterocycles. The van der Waals surface area contributed by atoms with Crippen LogP contribution in [0.25, 0.3) is 0 Å². The number of anilines is 3. The Labute approximate surface area is 155 Å². The molecule has 1 unspecified atom stereocenters. The fourth-order valence-electron chi connectivity index (χ4n) is 2.46. The van der Waals surface area contributed by atoms with Crippen molar-refractivity contribution in [3.63, 3.8) is 0 Å². The molecule has 0 saturated carbocycles. The molecule has 0 radical (unpaired) electrons. The third kappa shape index (κ3) is 4.75. The molecule has 3 aromatic rings. The molecule has 2 N–H and O–H groups in total. The van der Waals surface area contributed by atoms with E-state index >= 15 is 0 Å². The van der Waals surface area contributed by atoms with E-state index in [4.69, 9.17) is 4.74 Å². The highest BCUT2D eigenvalue weighted by Gasteiger charge is 2.13. The topological polar surface area (TPSA) is 89.0 Å².